The van der Waals surface area contributed by atoms with Crippen LogP contribution < -0.4 is 5.32 Å². The van der Waals surface area contributed by atoms with E-state index in [1.807, 2.05) is 6.92 Å². The van der Waals surface area contributed by atoms with Crippen molar-refractivity contribution in [3.8, 4) is 0 Å². The fourth-order valence-electron chi connectivity index (χ4n) is 2.81. The summed E-state index contributed by atoms with van der Waals surface area (Å²) in [5.41, 5.74) is -0.467. The molecule has 14 heavy (non-hydrogen) atoms. The van der Waals surface area contributed by atoms with Gasteiger partial charge in [-0.15, -0.1) is 0 Å². The number of rotatable bonds is 3. The molecule has 0 amide bonds. The molecule has 2 atom stereocenters. The zero-order valence-corrected chi connectivity index (χ0v) is 9.26. The van der Waals surface area contributed by atoms with Gasteiger partial charge in [0.2, 0.25) is 0 Å². The molecule has 0 aromatic rings. The first-order valence-electron chi connectivity index (χ1n) is 6.14. The molecule has 2 nitrogen and oxygen atoms in total. The number of hydrogen-bond acceptors (Lipinski definition) is 2. The quantitative estimate of drug-likeness (QED) is 0.726. The van der Waals surface area contributed by atoms with E-state index in [0.717, 1.165) is 25.3 Å². The van der Waals surface area contributed by atoms with Crippen molar-refractivity contribution < 1.29 is 5.11 Å². The van der Waals surface area contributed by atoms with E-state index in [0.29, 0.717) is 6.04 Å². The molecule has 2 unspecified atom stereocenters. The lowest BCUT2D eigenvalue weighted by atomic mass is 9.74. The van der Waals surface area contributed by atoms with Crippen molar-refractivity contribution in [2.24, 2.45) is 5.92 Å². The Labute approximate surface area is 87.1 Å². The second-order valence-electron chi connectivity index (χ2n) is 5.36. The van der Waals surface area contributed by atoms with Crippen molar-refractivity contribution in [2.75, 3.05) is 6.54 Å². The minimum atomic E-state index is -0.467. The summed E-state index contributed by atoms with van der Waals surface area (Å²) in [6.07, 6.45) is 8.75. The third-order valence-electron chi connectivity index (χ3n) is 3.99. The first-order valence-corrected chi connectivity index (χ1v) is 6.14. The predicted octanol–water partition coefficient (Wildman–Crippen LogP) is 2.07. The molecule has 0 aromatic heterocycles. The Morgan fingerprint density at radius 1 is 1.21 bits per heavy atom. The maximum absolute atomic E-state index is 10.4. The molecule has 1 saturated carbocycles. The number of aliphatic hydroxyl groups is 1. The molecule has 1 aliphatic heterocycles. The van der Waals surface area contributed by atoms with E-state index in [1.165, 1.54) is 32.1 Å². The van der Waals surface area contributed by atoms with Crippen LogP contribution in [-0.4, -0.2) is 23.3 Å². The van der Waals surface area contributed by atoms with Crippen molar-refractivity contribution in [2.45, 2.75) is 63.5 Å². The van der Waals surface area contributed by atoms with Crippen molar-refractivity contribution in [3.63, 3.8) is 0 Å². The number of hydrogen-bond donors (Lipinski definition) is 2. The van der Waals surface area contributed by atoms with E-state index >= 15 is 0 Å². The number of nitrogens with one attached hydrogen (secondary N) is 1. The molecule has 0 radical (unpaired) electrons. The van der Waals surface area contributed by atoms with Crippen LogP contribution >= 0.6 is 0 Å². The van der Waals surface area contributed by atoms with Crippen LogP contribution in [0.2, 0.25) is 0 Å². The van der Waals surface area contributed by atoms with Gasteiger partial charge in [0.05, 0.1) is 5.60 Å². The van der Waals surface area contributed by atoms with Gasteiger partial charge in [0.15, 0.2) is 0 Å². The molecule has 1 heterocycles. The predicted molar refractivity (Wildman–Crippen MR) is 58.2 cm³/mol. The zero-order valence-electron chi connectivity index (χ0n) is 9.26. The summed E-state index contributed by atoms with van der Waals surface area (Å²) in [6.45, 7) is 3.11. The summed E-state index contributed by atoms with van der Waals surface area (Å²) in [6, 6.07) is 0.344. The van der Waals surface area contributed by atoms with E-state index in [-0.39, 0.29) is 0 Å². The molecule has 0 bridgehead atoms. The SMILES string of the molecule is CC(O)(CC1CCC1)C1CCCCN1. The fourth-order valence-corrected chi connectivity index (χ4v) is 2.81. The van der Waals surface area contributed by atoms with Crippen LogP contribution in [0, 0.1) is 5.92 Å². The van der Waals surface area contributed by atoms with Crippen LogP contribution in [0.4, 0.5) is 0 Å². The second-order valence-corrected chi connectivity index (χ2v) is 5.36. The van der Waals surface area contributed by atoms with Crippen LogP contribution in [0.3, 0.4) is 0 Å². The highest BCUT2D eigenvalue weighted by Gasteiger charge is 2.36. The van der Waals surface area contributed by atoms with Gasteiger partial charge >= 0.3 is 0 Å². The first-order chi connectivity index (χ1) is 6.68. The van der Waals surface area contributed by atoms with Gasteiger partial charge in [0.25, 0.3) is 0 Å². The fraction of sp³-hybridized carbons (Fsp3) is 1.00. The summed E-state index contributed by atoms with van der Waals surface area (Å²) in [5, 5.41) is 13.9. The van der Waals surface area contributed by atoms with Crippen LogP contribution in [0.15, 0.2) is 0 Å². The summed E-state index contributed by atoms with van der Waals surface area (Å²) >= 11 is 0. The third-order valence-corrected chi connectivity index (χ3v) is 3.99. The maximum Gasteiger partial charge on any atom is 0.0774 e. The lowest BCUT2D eigenvalue weighted by molar-refractivity contribution is -0.0210. The molecule has 2 N–H and O–H groups in total. The average Bonchev–Trinajstić information content (AvgIpc) is 2.13. The zero-order chi connectivity index (χ0) is 10.0. The lowest BCUT2D eigenvalue weighted by Gasteiger charge is -2.40. The standard InChI is InChI=1S/C12H23NO/c1-12(14,9-10-5-4-6-10)11-7-2-3-8-13-11/h10-11,13-14H,2-9H2,1H3. The van der Waals surface area contributed by atoms with Gasteiger partial charge in [-0.25, -0.2) is 0 Å². The minimum Gasteiger partial charge on any atom is -0.389 e. The molecule has 0 aromatic carbocycles. The summed E-state index contributed by atoms with van der Waals surface area (Å²) in [7, 11) is 0. The second kappa shape index (κ2) is 4.19. The topological polar surface area (TPSA) is 32.3 Å². The monoisotopic (exact) mass is 197 g/mol. The molecular formula is C12H23NO. The van der Waals surface area contributed by atoms with Crippen molar-refractivity contribution in [1.29, 1.82) is 0 Å². The van der Waals surface area contributed by atoms with Gasteiger partial charge in [-0.05, 0) is 38.6 Å². The van der Waals surface area contributed by atoms with E-state index in [2.05, 4.69) is 5.32 Å². The van der Waals surface area contributed by atoms with Crippen LogP contribution in [0.25, 0.3) is 0 Å². The largest absolute Gasteiger partial charge is 0.389 e. The summed E-state index contributed by atoms with van der Waals surface area (Å²) < 4.78 is 0. The molecule has 82 valence electrons. The van der Waals surface area contributed by atoms with Crippen molar-refractivity contribution >= 4 is 0 Å². The highest BCUT2D eigenvalue weighted by molar-refractivity contribution is 4.92. The maximum atomic E-state index is 10.4. The summed E-state index contributed by atoms with van der Waals surface area (Å²) in [4.78, 5) is 0. The highest BCUT2D eigenvalue weighted by atomic mass is 16.3. The van der Waals surface area contributed by atoms with Gasteiger partial charge in [-0.3, -0.25) is 0 Å². The van der Waals surface area contributed by atoms with Crippen LogP contribution in [0.5, 0.6) is 0 Å². The van der Waals surface area contributed by atoms with Gasteiger partial charge in [0.1, 0.15) is 0 Å². The normalized spacial score (nSPS) is 33.4. The Morgan fingerprint density at radius 3 is 2.50 bits per heavy atom. The van der Waals surface area contributed by atoms with Gasteiger partial charge in [-0.1, -0.05) is 25.7 Å². The Hall–Kier alpha value is -0.0800. The smallest absolute Gasteiger partial charge is 0.0774 e. The van der Waals surface area contributed by atoms with E-state index in [9.17, 15) is 5.11 Å². The summed E-state index contributed by atoms with van der Waals surface area (Å²) in [5.74, 6) is 0.800. The van der Waals surface area contributed by atoms with E-state index in [4.69, 9.17) is 0 Å². The molecule has 1 saturated heterocycles. The Balaban J connectivity index is 1.84. The Morgan fingerprint density at radius 2 is 2.00 bits per heavy atom. The molecule has 2 rings (SSSR count). The van der Waals surface area contributed by atoms with Gasteiger partial charge in [0, 0.05) is 6.04 Å². The van der Waals surface area contributed by atoms with Crippen LogP contribution in [0.1, 0.15) is 51.9 Å². The Bertz CT molecular complexity index is 181. The first kappa shape index (κ1) is 10.4. The van der Waals surface area contributed by atoms with Crippen molar-refractivity contribution in [1.82, 2.24) is 5.32 Å². The molecule has 1 aliphatic carbocycles. The van der Waals surface area contributed by atoms with Crippen LogP contribution in [-0.2, 0) is 0 Å². The molecular weight excluding hydrogens is 174 g/mol. The minimum absolute atomic E-state index is 0.344. The number of piperidine rings is 1. The van der Waals surface area contributed by atoms with Gasteiger partial charge < -0.3 is 10.4 Å². The van der Waals surface area contributed by atoms with Gasteiger partial charge in [-0.2, -0.15) is 0 Å². The van der Waals surface area contributed by atoms with Crippen molar-refractivity contribution in [3.05, 3.63) is 0 Å². The Kier molecular flexibility index (Phi) is 3.13. The lowest BCUT2D eigenvalue weighted by Crippen LogP contribution is -2.52. The van der Waals surface area contributed by atoms with E-state index < -0.39 is 5.60 Å². The highest BCUT2D eigenvalue weighted by Crippen LogP contribution is 2.36. The molecule has 2 aliphatic rings. The molecule has 2 fully saturated rings. The molecule has 0 spiro atoms. The third kappa shape index (κ3) is 2.29. The average molecular weight is 197 g/mol. The van der Waals surface area contributed by atoms with E-state index in [1.54, 1.807) is 0 Å². The molecule has 2 heteroatoms.